The van der Waals surface area contributed by atoms with E-state index in [2.05, 4.69) is 4.72 Å². The van der Waals surface area contributed by atoms with Gasteiger partial charge in [-0.25, -0.2) is 17.9 Å². The van der Waals surface area contributed by atoms with Crippen LogP contribution < -0.4 is 4.72 Å². The molecule has 116 valence electrons. The van der Waals surface area contributed by atoms with Crippen LogP contribution in [-0.2, 0) is 10.0 Å². The summed E-state index contributed by atoms with van der Waals surface area (Å²) in [6.07, 6.45) is 5.12. The van der Waals surface area contributed by atoms with E-state index >= 15 is 0 Å². The van der Waals surface area contributed by atoms with Crippen molar-refractivity contribution in [1.29, 1.82) is 0 Å². The number of carbonyl (C=O) groups is 1. The second kappa shape index (κ2) is 5.98. The highest BCUT2D eigenvalue weighted by Crippen LogP contribution is 2.42. The lowest BCUT2D eigenvalue weighted by atomic mass is 9.84. The number of hydrogen-bond donors (Lipinski definition) is 2. The van der Waals surface area contributed by atoms with Crippen LogP contribution >= 0.6 is 11.8 Å². The van der Waals surface area contributed by atoms with Crippen molar-refractivity contribution in [3.63, 3.8) is 0 Å². The first-order chi connectivity index (χ1) is 9.81. The van der Waals surface area contributed by atoms with Gasteiger partial charge in [0.1, 0.15) is 0 Å². The molecule has 1 aliphatic rings. The summed E-state index contributed by atoms with van der Waals surface area (Å²) in [6.45, 7) is 1.90. The summed E-state index contributed by atoms with van der Waals surface area (Å²) >= 11 is 1.69. The van der Waals surface area contributed by atoms with Crippen molar-refractivity contribution in [3.8, 4) is 0 Å². The first-order valence-electron chi connectivity index (χ1n) is 6.69. The predicted octanol–water partition coefficient (Wildman–Crippen LogP) is 2.26. The van der Waals surface area contributed by atoms with Gasteiger partial charge in [-0.15, -0.1) is 0 Å². The van der Waals surface area contributed by atoms with E-state index in [1.807, 2.05) is 6.26 Å². The van der Waals surface area contributed by atoms with Crippen molar-refractivity contribution < 1.29 is 18.3 Å². The zero-order chi connectivity index (χ0) is 15.7. The molecule has 1 aromatic rings. The van der Waals surface area contributed by atoms with Gasteiger partial charge < -0.3 is 5.11 Å². The van der Waals surface area contributed by atoms with Crippen molar-refractivity contribution >= 4 is 27.8 Å². The zero-order valence-electron chi connectivity index (χ0n) is 12.0. The van der Waals surface area contributed by atoms with Gasteiger partial charge in [0.15, 0.2) is 0 Å². The van der Waals surface area contributed by atoms with Gasteiger partial charge in [-0.1, -0.05) is 12.5 Å². The second-order valence-corrected chi connectivity index (χ2v) is 8.31. The number of carboxylic acid groups (broad SMARTS) is 1. The molecule has 2 rings (SSSR count). The molecule has 0 bridgehead atoms. The molecule has 2 N–H and O–H groups in total. The Bertz CT molecular complexity index is 645. The summed E-state index contributed by atoms with van der Waals surface area (Å²) in [5.41, 5.74) is 0.283. The molecule has 7 heteroatoms. The first-order valence-corrected chi connectivity index (χ1v) is 9.40. The van der Waals surface area contributed by atoms with Gasteiger partial charge in [-0.05, 0) is 43.7 Å². The summed E-state index contributed by atoms with van der Waals surface area (Å²) in [4.78, 5) is 11.1. The maximum Gasteiger partial charge on any atom is 0.335 e. The molecule has 0 atom stereocenters. The molecule has 0 aliphatic heterocycles. The molecule has 0 unspecified atom stereocenters. The van der Waals surface area contributed by atoms with Crippen LogP contribution in [-0.4, -0.2) is 37.0 Å². The van der Waals surface area contributed by atoms with Crippen LogP contribution in [0.25, 0.3) is 0 Å². The Morgan fingerprint density at radius 3 is 2.57 bits per heavy atom. The molecule has 0 radical (unpaired) electrons. The molecule has 1 fully saturated rings. The highest BCUT2D eigenvalue weighted by atomic mass is 32.2. The van der Waals surface area contributed by atoms with Gasteiger partial charge in [0.25, 0.3) is 0 Å². The molecular weight excluding hydrogens is 310 g/mol. The SMILES string of the molecule is CSC1(CNS(=O)(=O)c2cccc(C(=O)O)c2C)CCC1. The van der Waals surface area contributed by atoms with Crippen LogP contribution in [0.2, 0.25) is 0 Å². The van der Waals surface area contributed by atoms with Gasteiger partial charge in [-0.2, -0.15) is 11.8 Å². The van der Waals surface area contributed by atoms with Crippen molar-refractivity contribution in [2.24, 2.45) is 0 Å². The Hall–Kier alpha value is -1.05. The van der Waals surface area contributed by atoms with Crippen LogP contribution in [0.5, 0.6) is 0 Å². The molecule has 1 aliphatic carbocycles. The normalized spacial score (nSPS) is 17.2. The van der Waals surface area contributed by atoms with E-state index in [4.69, 9.17) is 5.11 Å². The minimum atomic E-state index is -3.69. The molecule has 1 aromatic carbocycles. The quantitative estimate of drug-likeness (QED) is 0.836. The number of rotatable bonds is 6. The van der Waals surface area contributed by atoms with E-state index in [1.54, 1.807) is 11.8 Å². The largest absolute Gasteiger partial charge is 0.478 e. The third-order valence-electron chi connectivity index (χ3n) is 4.09. The van der Waals surface area contributed by atoms with Gasteiger partial charge in [-0.3, -0.25) is 0 Å². The van der Waals surface area contributed by atoms with Crippen molar-refractivity contribution in [2.45, 2.75) is 35.8 Å². The molecular formula is C14H19NO4S2. The fourth-order valence-corrected chi connectivity index (χ4v) is 4.86. The van der Waals surface area contributed by atoms with Crippen LogP contribution in [0.4, 0.5) is 0 Å². The van der Waals surface area contributed by atoms with Gasteiger partial charge in [0.05, 0.1) is 10.5 Å². The lowest BCUT2D eigenvalue weighted by Crippen LogP contribution is -2.45. The van der Waals surface area contributed by atoms with Crippen LogP contribution in [0.3, 0.4) is 0 Å². The number of benzene rings is 1. The van der Waals surface area contributed by atoms with Gasteiger partial charge in [0, 0.05) is 11.3 Å². The van der Waals surface area contributed by atoms with Gasteiger partial charge >= 0.3 is 5.97 Å². The molecule has 1 saturated carbocycles. The van der Waals surface area contributed by atoms with Crippen LogP contribution in [0, 0.1) is 6.92 Å². The molecule has 0 aromatic heterocycles. The Labute approximate surface area is 129 Å². The number of thioether (sulfide) groups is 1. The van der Waals surface area contributed by atoms with Gasteiger partial charge in [0.2, 0.25) is 10.0 Å². The number of aromatic carboxylic acids is 1. The minimum absolute atomic E-state index is 0.00855. The third kappa shape index (κ3) is 3.25. The van der Waals surface area contributed by atoms with E-state index in [1.165, 1.54) is 25.1 Å². The fourth-order valence-electron chi connectivity index (χ4n) is 2.47. The molecule has 0 saturated heterocycles. The van der Waals surface area contributed by atoms with Crippen molar-refractivity contribution in [2.75, 3.05) is 12.8 Å². The lowest BCUT2D eigenvalue weighted by molar-refractivity contribution is 0.0696. The van der Waals surface area contributed by atoms with Crippen molar-refractivity contribution in [3.05, 3.63) is 29.3 Å². The highest BCUT2D eigenvalue weighted by molar-refractivity contribution is 8.00. The number of nitrogens with one attached hydrogen (secondary N) is 1. The van der Waals surface area contributed by atoms with E-state index in [-0.39, 0.29) is 20.8 Å². The molecule has 21 heavy (non-hydrogen) atoms. The molecule has 0 heterocycles. The predicted molar refractivity (Wildman–Crippen MR) is 83.4 cm³/mol. The fraction of sp³-hybridized carbons (Fsp3) is 0.500. The standard InChI is InChI=1S/C14H19NO4S2/c1-10-11(13(16)17)5-3-6-12(10)21(18,19)15-9-14(20-2)7-4-8-14/h3,5-6,15H,4,7-9H2,1-2H3,(H,16,17). The third-order valence-corrected chi connectivity index (χ3v) is 7.05. The molecule has 0 amide bonds. The second-order valence-electron chi connectivity index (χ2n) is 5.30. The Balaban J connectivity index is 2.24. The van der Waals surface area contributed by atoms with E-state index in [0.29, 0.717) is 6.54 Å². The van der Waals surface area contributed by atoms with E-state index in [0.717, 1.165) is 19.3 Å². The summed E-state index contributed by atoms with van der Waals surface area (Å²) in [5.74, 6) is -1.12. The number of sulfonamides is 1. The summed E-state index contributed by atoms with van der Waals surface area (Å²) in [6, 6.07) is 4.31. The van der Waals surface area contributed by atoms with E-state index < -0.39 is 16.0 Å². The average Bonchev–Trinajstić information content (AvgIpc) is 2.37. The smallest absolute Gasteiger partial charge is 0.335 e. The lowest BCUT2D eigenvalue weighted by Gasteiger charge is -2.40. The minimum Gasteiger partial charge on any atom is -0.478 e. The number of carboxylic acids is 1. The molecule has 0 spiro atoms. The maximum absolute atomic E-state index is 12.4. The van der Waals surface area contributed by atoms with Crippen molar-refractivity contribution in [1.82, 2.24) is 4.72 Å². The first kappa shape index (κ1) is 16.3. The maximum atomic E-state index is 12.4. The Kier molecular flexibility index (Phi) is 4.65. The average molecular weight is 329 g/mol. The Morgan fingerprint density at radius 1 is 1.43 bits per heavy atom. The highest BCUT2D eigenvalue weighted by Gasteiger charge is 2.37. The summed E-state index contributed by atoms with van der Waals surface area (Å²) in [7, 11) is -3.69. The summed E-state index contributed by atoms with van der Waals surface area (Å²) < 4.78 is 27.5. The topological polar surface area (TPSA) is 83.5 Å². The number of hydrogen-bond acceptors (Lipinski definition) is 4. The molecule has 5 nitrogen and oxygen atoms in total. The summed E-state index contributed by atoms with van der Waals surface area (Å²) in [5, 5.41) is 9.08. The van der Waals surface area contributed by atoms with Crippen LogP contribution in [0.15, 0.2) is 23.1 Å². The zero-order valence-corrected chi connectivity index (χ0v) is 13.7. The van der Waals surface area contributed by atoms with Crippen LogP contribution in [0.1, 0.15) is 35.2 Å². The van der Waals surface area contributed by atoms with E-state index in [9.17, 15) is 13.2 Å². The Morgan fingerprint density at radius 2 is 2.10 bits per heavy atom. The monoisotopic (exact) mass is 329 g/mol.